The maximum Gasteiger partial charge on any atom is 0.250 e. The quantitative estimate of drug-likeness (QED) is 0.932. The molecule has 2 aromatic rings. The van der Waals surface area contributed by atoms with Gasteiger partial charge in [-0.3, -0.25) is 4.79 Å². The molecule has 2 rings (SSSR count). The molecule has 0 fully saturated rings. The van der Waals surface area contributed by atoms with Gasteiger partial charge in [0.1, 0.15) is 0 Å². The highest BCUT2D eigenvalue weighted by atomic mass is 16.3. The number of aliphatic hydroxyl groups excluding tert-OH is 1. The number of hydrogen-bond donors (Lipinski definition) is 1. The van der Waals surface area contributed by atoms with E-state index in [4.69, 9.17) is 0 Å². The highest BCUT2D eigenvalue weighted by molar-refractivity contribution is 5.38. The number of pyridine rings is 1. The van der Waals surface area contributed by atoms with Crippen molar-refractivity contribution in [2.24, 2.45) is 0 Å². The van der Waals surface area contributed by atoms with Gasteiger partial charge in [0.15, 0.2) is 0 Å². The lowest BCUT2D eigenvalue weighted by atomic mass is 9.95. The minimum atomic E-state index is -0.672. The summed E-state index contributed by atoms with van der Waals surface area (Å²) in [6.07, 6.45) is -0.672. The first-order valence-electron chi connectivity index (χ1n) is 6.82. The van der Waals surface area contributed by atoms with Crippen LogP contribution >= 0.6 is 0 Å². The van der Waals surface area contributed by atoms with Crippen LogP contribution in [-0.4, -0.2) is 9.67 Å². The fraction of sp³-hybridized carbons (Fsp3) is 0.353. The standard InChI is InChI=1S/C17H21NO2/c1-11-8-12(2)17(13(3)9-11)15(19)10-18-14(4)6-5-7-16(18)20/h5-9,15,19H,10H2,1-4H3. The second kappa shape index (κ2) is 5.63. The monoisotopic (exact) mass is 271 g/mol. The molecule has 0 bridgehead atoms. The zero-order valence-electron chi connectivity index (χ0n) is 12.5. The van der Waals surface area contributed by atoms with Gasteiger partial charge in [0.25, 0.3) is 5.56 Å². The minimum absolute atomic E-state index is 0.0773. The number of hydrogen-bond acceptors (Lipinski definition) is 2. The van der Waals surface area contributed by atoms with Crippen LogP contribution in [0.2, 0.25) is 0 Å². The Morgan fingerprint density at radius 2 is 1.70 bits per heavy atom. The lowest BCUT2D eigenvalue weighted by Crippen LogP contribution is -2.24. The van der Waals surface area contributed by atoms with Gasteiger partial charge >= 0.3 is 0 Å². The van der Waals surface area contributed by atoms with Crippen LogP contribution in [0.5, 0.6) is 0 Å². The second-order valence-corrected chi connectivity index (χ2v) is 5.44. The van der Waals surface area contributed by atoms with Crippen molar-refractivity contribution in [3.8, 4) is 0 Å². The van der Waals surface area contributed by atoms with Gasteiger partial charge in [-0.25, -0.2) is 0 Å². The highest BCUT2D eigenvalue weighted by Crippen LogP contribution is 2.24. The molecule has 0 aliphatic carbocycles. The number of aliphatic hydroxyl groups is 1. The molecular weight excluding hydrogens is 250 g/mol. The summed E-state index contributed by atoms with van der Waals surface area (Å²) in [7, 11) is 0. The van der Waals surface area contributed by atoms with Gasteiger partial charge in [-0.05, 0) is 50.5 Å². The van der Waals surface area contributed by atoms with E-state index in [0.29, 0.717) is 0 Å². The molecule has 3 heteroatoms. The van der Waals surface area contributed by atoms with Crippen molar-refractivity contribution in [2.75, 3.05) is 0 Å². The molecule has 1 aromatic carbocycles. The van der Waals surface area contributed by atoms with E-state index < -0.39 is 6.10 Å². The first kappa shape index (κ1) is 14.5. The molecule has 0 amide bonds. The normalized spacial score (nSPS) is 12.4. The molecule has 20 heavy (non-hydrogen) atoms. The Morgan fingerprint density at radius 1 is 1.10 bits per heavy atom. The maximum absolute atomic E-state index is 11.9. The van der Waals surface area contributed by atoms with E-state index in [2.05, 4.69) is 12.1 Å². The summed E-state index contributed by atoms with van der Waals surface area (Å²) in [5.41, 5.74) is 5.02. The third kappa shape index (κ3) is 2.83. The molecule has 0 saturated carbocycles. The van der Waals surface area contributed by atoms with Crippen LogP contribution in [0.25, 0.3) is 0 Å². The molecule has 1 unspecified atom stereocenters. The predicted molar refractivity (Wildman–Crippen MR) is 81.1 cm³/mol. The summed E-state index contributed by atoms with van der Waals surface area (Å²) in [6, 6.07) is 9.26. The summed E-state index contributed by atoms with van der Waals surface area (Å²) in [6.45, 7) is 8.21. The van der Waals surface area contributed by atoms with E-state index in [0.717, 1.165) is 22.4 Å². The molecule has 0 spiro atoms. The number of benzene rings is 1. The van der Waals surface area contributed by atoms with Crippen molar-refractivity contribution in [1.82, 2.24) is 4.57 Å². The number of aryl methyl sites for hydroxylation is 4. The van der Waals surface area contributed by atoms with E-state index >= 15 is 0 Å². The zero-order chi connectivity index (χ0) is 14.9. The fourth-order valence-electron chi connectivity index (χ4n) is 2.84. The van der Waals surface area contributed by atoms with Crippen molar-refractivity contribution in [3.05, 3.63) is 68.6 Å². The lowest BCUT2D eigenvalue weighted by Gasteiger charge is -2.19. The molecule has 1 atom stereocenters. The molecule has 1 heterocycles. The molecular formula is C17H21NO2. The Bertz CT molecular complexity index is 663. The molecule has 0 aliphatic heterocycles. The molecule has 1 aromatic heterocycles. The zero-order valence-corrected chi connectivity index (χ0v) is 12.5. The van der Waals surface area contributed by atoms with Gasteiger partial charge < -0.3 is 9.67 Å². The summed E-state index contributed by atoms with van der Waals surface area (Å²) < 4.78 is 1.61. The SMILES string of the molecule is Cc1cc(C)c(C(O)Cn2c(C)cccc2=O)c(C)c1. The molecule has 0 aliphatic rings. The highest BCUT2D eigenvalue weighted by Gasteiger charge is 2.15. The molecule has 1 N–H and O–H groups in total. The largest absolute Gasteiger partial charge is 0.387 e. The van der Waals surface area contributed by atoms with Crippen LogP contribution < -0.4 is 5.56 Å². The maximum atomic E-state index is 11.9. The van der Waals surface area contributed by atoms with Gasteiger partial charge in [0, 0.05) is 11.8 Å². The van der Waals surface area contributed by atoms with Crippen molar-refractivity contribution in [2.45, 2.75) is 40.3 Å². The van der Waals surface area contributed by atoms with Crippen LogP contribution in [0.4, 0.5) is 0 Å². The van der Waals surface area contributed by atoms with Crippen LogP contribution in [0, 0.1) is 27.7 Å². The molecule has 3 nitrogen and oxygen atoms in total. The lowest BCUT2D eigenvalue weighted by molar-refractivity contribution is 0.153. The molecule has 0 radical (unpaired) electrons. The Morgan fingerprint density at radius 3 is 2.25 bits per heavy atom. The topological polar surface area (TPSA) is 42.2 Å². The van der Waals surface area contributed by atoms with E-state index in [9.17, 15) is 9.90 Å². The van der Waals surface area contributed by atoms with Crippen molar-refractivity contribution in [3.63, 3.8) is 0 Å². The third-order valence-corrected chi connectivity index (χ3v) is 3.69. The Balaban J connectivity index is 2.39. The van der Waals surface area contributed by atoms with Gasteiger partial charge in [-0.15, -0.1) is 0 Å². The number of aromatic nitrogens is 1. The Hall–Kier alpha value is -1.87. The van der Waals surface area contributed by atoms with Gasteiger partial charge in [0.05, 0.1) is 12.6 Å². The van der Waals surface area contributed by atoms with E-state index in [-0.39, 0.29) is 12.1 Å². The third-order valence-electron chi connectivity index (χ3n) is 3.69. The molecule has 0 saturated heterocycles. The summed E-state index contributed by atoms with van der Waals surface area (Å²) in [5, 5.41) is 10.5. The van der Waals surface area contributed by atoms with Gasteiger partial charge in [-0.1, -0.05) is 23.8 Å². The smallest absolute Gasteiger partial charge is 0.250 e. The fourth-order valence-corrected chi connectivity index (χ4v) is 2.84. The number of rotatable bonds is 3. The predicted octanol–water partition coefficient (Wildman–Crippen LogP) is 2.82. The van der Waals surface area contributed by atoms with Crippen molar-refractivity contribution in [1.29, 1.82) is 0 Å². The first-order chi connectivity index (χ1) is 9.40. The molecule has 106 valence electrons. The van der Waals surface area contributed by atoms with Crippen molar-refractivity contribution < 1.29 is 5.11 Å². The summed E-state index contributed by atoms with van der Waals surface area (Å²) in [4.78, 5) is 11.9. The Kier molecular flexibility index (Phi) is 4.09. The van der Waals surface area contributed by atoms with E-state index in [1.165, 1.54) is 11.6 Å². The summed E-state index contributed by atoms with van der Waals surface area (Å²) in [5.74, 6) is 0. The van der Waals surface area contributed by atoms with Crippen LogP contribution in [0.3, 0.4) is 0 Å². The van der Waals surface area contributed by atoms with Gasteiger partial charge in [-0.2, -0.15) is 0 Å². The average Bonchev–Trinajstić information content (AvgIpc) is 2.32. The van der Waals surface area contributed by atoms with Crippen LogP contribution in [-0.2, 0) is 6.54 Å². The number of nitrogens with zero attached hydrogens (tertiary/aromatic N) is 1. The first-order valence-corrected chi connectivity index (χ1v) is 6.82. The second-order valence-electron chi connectivity index (χ2n) is 5.44. The van der Waals surface area contributed by atoms with E-state index in [1.54, 1.807) is 10.6 Å². The van der Waals surface area contributed by atoms with Crippen LogP contribution in [0.15, 0.2) is 35.1 Å². The van der Waals surface area contributed by atoms with Gasteiger partial charge in [0.2, 0.25) is 0 Å². The van der Waals surface area contributed by atoms with Crippen molar-refractivity contribution >= 4 is 0 Å². The Labute approximate surface area is 119 Å². The minimum Gasteiger partial charge on any atom is -0.387 e. The summed E-state index contributed by atoms with van der Waals surface area (Å²) >= 11 is 0. The average molecular weight is 271 g/mol. The van der Waals surface area contributed by atoms with E-state index in [1.807, 2.05) is 33.8 Å². The van der Waals surface area contributed by atoms with Crippen LogP contribution in [0.1, 0.15) is 34.1 Å².